The van der Waals surface area contributed by atoms with Gasteiger partial charge in [-0.3, -0.25) is 4.90 Å². The summed E-state index contributed by atoms with van der Waals surface area (Å²) in [4.78, 5) is 6.81. The van der Waals surface area contributed by atoms with Crippen LogP contribution in [0.3, 0.4) is 0 Å². The van der Waals surface area contributed by atoms with Crippen molar-refractivity contribution in [3.63, 3.8) is 0 Å². The van der Waals surface area contributed by atoms with Gasteiger partial charge in [0.1, 0.15) is 0 Å². The van der Waals surface area contributed by atoms with Crippen molar-refractivity contribution in [2.75, 3.05) is 20.8 Å². The van der Waals surface area contributed by atoms with E-state index in [0.29, 0.717) is 11.9 Å². The number of nitrogens with zero attached hydrogens (tertiary/aromatic N) is 3. The molecule has 0 aliphatic carbocycles. The fourth-order valence-corrected chi connectivity index (χ4v) is 3.58. The summed E-state index contributed by atoms with van der Waals surface area (Å²) in [7, 11) is 3.33. The topological polar surface area (TPSA) is 86.6 Å². The van der Waals surface area contributed by atoms with Crippen LogP contribution in [0.1, 0.15) is 43.0 Å². The zero-order valence-corrected chi connectivity index (χ0v) is 16.8. The van der Waals surface area contributed by atoms with Crippen LogP contribution in [0.4, 0.5) is 0 Å². The molecule has 7 nitrogen and oxygen atoms in total. The third kappa shape index (κ3) is 5.57. The van der Waals surface area contributed by atoms with Crippen LogP contribution in [-0.2, 0) is 19.5 Å². The van der Waals surface area contributed by atoms with Gasteiger partial charge in [0.2, 0.25) is 5.89 Å². The second kappa shape index (κ2) is 10.5. The van der Waals surface area contributed by atoms with Crippen LogP contribution in [0.25, 0.3) is 0 Å². The van der Waals surface area contributed by atoms with E-state index in [9.17, 15) is 0 Å². The highest BCUT2D eigenvalue weighted by molar-refractivity contribution is 5.85. The van der Waals surface area contributed by atoms with Crippen LogP contribution in [0.5, 0.6) is 11.5 Å². The Kier molecular flexibility index (Phi) is 8.34. The van der Waals surface area contributed by atoms with Crippen LogP contribution >= 0.6 is 12.4 Å². The molecule has 1 aromatic carbocycles. The van der Waals surface area contributed by atoms with E-state index in [2.05, 4.69) is 27.2 Å². The standard InChI is InChI=1S/C19H28N4O3.ClH/c1-24-16-9-7-14(11-17(16)25-2)6-8-15-5-3-4-10-23(15)13-18-21-19(12-20)26-22-18;/h7,9,11,15H,3-6,8,10,12-13,20H2,1-2H3;1H. The summed E-state index contributed by atoms with van der Waals surface area (Å²) in [5, 5.41) is 4.04. The number of aromatic nitrogens is 2. The minimum atomic E-state index is 0. The highest BCUT2D eigenvalue weighted by Crippen LogP contribution is 2.29. The highest BCUT2D eigenvalue weighted by atomic mass is 35.5. The third-order valence-electron chi connectivity index (χ3n) is 4.99. The summed E-state index contributed by atoms with van der Waals surface area (Å²) >= 11 is 0. The molecule has 1 atom stereocenters. The molecule has 1 aliphatic heterocycles. The van der Waals surface area contributed by atoms with E-state index in [1.165, 1.54) is 24.8 Å². The maximum atomic E-state index is 5.55. The molecule has 1 saturated heterocycles. The lowest BCUT2D eigenvalue weighted by atomic mass is 9.95. The van der Waals surface area contributed by atoms with Gasteiger partial charge in [-0.2, -0.15) is 4.98 Å². The zero-order valence-electron chi connectivity index (χ0n) is 16.0. The second-order valence-electron chi connectivity index (χ2n) is 6.66. The number of likely N-dealkylation sites (tertiary alicyclic amines) is 1. The number of methoxy groups -OCH3 is 2. The summed E-state index contributed by atoms with van der Waals surface area (Å²) < 4.78 is 15.9. The summed E-state index contributed by atoms with van der Waals surface area (Å²) in [5.74, 6) is 2.78. The van der Waals surface area contributed by atoms with Gasteiger partial charge in [-0.1, -0.05) is 17.6 Å². The van der Waals surface area contributed by atoms with Gasteiger partial charge in [0.25, 0.3) is 0 Å². The van der Waals surface area contributed by atoms with Crippen LogP contribution in [0.2, 0.25) is 0 Å². The third-order valence-corrected chi connectivity index (χ3v) is 4.99. The summed E-state index contributed by atoms with van der Waals surface area (Å²) in [5.41, 5.74) is 6.81. The first-order chi connectivity index (χ1) is 12.7. The molecule has 0 amide bonds. The lowest BCUT2D eigenvalue weighted by Gasteiger charge is -2.35. The Balaban J connectivity index is 0.00000261. The van der Waals surface area contributed by atoms with Crippen molar-refractivity contribution in [1.29, 1.82) is 0 Å². The molecule has 1 aromatic heterocycles. The molecule has 0 spiro atoms. The maximum absolute atomic E-state index is 5.55. The van der Waals surface area contributed by atoms with E-state index < -0.39 is 0 Å². The van der Waals surface area contributed by atoms with Crippen LogP contribution in [0, 0.1) is 0 Å². The van der Waals surface area contributed by atoms with E-state index in [1.807, 2.05) is 6.07 Å². The Morgan fingerprint density at radius 1 is 1.22 bits per heavy atom. The maximum Gasteiger partial charge on any atom is 0.240 e. The Hall–Kier alpha value is -1.83. The molecule has 27 heavy (non-hydrogen) atoms. The van der Waals surface area contributed by atoms with E-state index >= 15 is 0 Å². The Morgan fingerprint density at radius 2 is 2.04 bits per heavy atom. The Morgan fingerprint density at radius 3 is 2.74 bits per heavy atom. The molecular formula is C19H29ClN4O3. The molecular weight excluding hydrogens is 368 g/mol. The number of hydrogen-bond acceptors (Lipinski definition) is 7. The van der Waals surface area contributed by atoms with Gasteiger partial charge < -0.3 is 19.7 Å². The number of benzene rings is 1. The predicted molar refractivity (Wildman–Crippen MR) is 105 cm³/mol. The van der Waals surface area contributed by atoms with Crippen molar-refractivity contribution >= 4 is 12.4 Å². The fourth-order valence-electron chi connectivity index (χ4n) is 3.58. The Labute approximate surface area is 166 Å². The fraction of sp³-hybridized carbons (Fsp3) is 0.579. The molecule has 3 rings (SSSR count). The Bertz CT molecular complexity index is 710. The summed E-state index contributed by atoms with van der Waals surface area (Å²) in [6.45, 7) is 2.08. The van der Waals surface area contributed by atoms with E-state index in [0.717, 1.165) is 43.3 Å². The van der Waals surface area contributed by atoms with Gasteiger partial charge in [-0.05, 0) is 49.9 Å². The molecule has 0 radical (unpaired) electrons. The predicted octanol–water partition coefficient (Wildman–Crippen LogP) is 2.95. The molecule has 0 saturated carbocycles. The van der Waals surface area contributed by atoms with Gasteiger partial charge in [0, 0.05) is 6.04 Å². The highest BCUT2D eigenvalue weighted by Gasteiger charge is 2.24. The number of rotatable bonds is 8. The van der Waals surface area contributed by atoms with E-state index in [4.69, 9.17) is 19.7 Å². The molecule has 1 aliphatic rings. The molecule has 0 bridgehead atoms. The number of hydrogen-bond donors (Lipinski definition) is 1. The molecule has 8 heteroatoms. The minimum Gasteiger partial charge on any atom is -0.493 e. The van der Waals surface area contributed by atoms with Gasteiger partial charge >= 0.3 is 0 Å². The smallest absolute Gasteiger partial charge is 0.240 e. The first-order valence-corrected chi connectivity index (χ1v) is 9.20. The monoisotopic (exact) mass is 396 g/mol. The van der Waals surface area contributed by atoms with Crippen molar-refractivity contribution in [1.82, 2.24) is 15.0 Å². The van der Waals surface area contributed by atoms with Crippen molar-refractivity contribution in [2.45, 2.75) is 51.2 Å². The average molecular weight is 397 g/mol. The van der Waals surface area contributed by atoms with Gasteiger partial charge in [0.05, 0.1) is 27.3 Å². The van der Waals surface area contributed by atoms with Crippen molar-refractivity contribution < 1.29 is 14.0 Å². The van der Waals surface area contributed by atoms with Crippen LogP contribution in [-0.4, -0.2) is 41.8 Å². The largest absolute Gasteiger partial charge is 0.493 e. The summed E-state index contributed by atoms with van der Waals surface area (Å²) in [6.07, 6.45) is 5.79. The molecule has 1 unspecified atom stereocenters. The van der Waals surface area contributed by atoms with E-state index in [1.54, 1.807) is 14.2 Å². The van der Waals surface area contributed by atoms with E-state index in [-0.39, 0.29) is 19.0 Å². The molecule has 150 valence electrons. The molecule has 2 aromatic rings. The first-order valence-electron chi connectivity index (χ1n) is 9.20. The van der Waals surface area contributed by atoms with Crippen LogP contribution in [0.15, 0.2) is 22.7 Å². The zero-order chi connectivity index (χ0) is 18.4. The summed E-state index contributed by atoms with van der Waals surface area (Å²) in [6, 6.07) is 6.68. The number of aryl methyl sites for hydroxylation is 1. The number of nitrogens with two attached hydrogens (primary N) is 1. The molecule has 2 N–H and O–H groups in total. The lowest BCUT2D eigenvalue weighted by molar-refractivity contribution is 0.128. The van der Waals surface area contributed by atoms with Gasteiger partial charge in [-0.15, -0.1) is 12.4 Å². The average Bonchev–Trinajstić information content (AvgIpc) is 3.14. The normalized spacial score (nSPS) is 17.4. The number of ether oxygens (including phenoxy) is 2. The molecule has 1 fully saturated rings. The lowest BCUT2D eigenvalue weighted by Crippen LogP contribution is -2.39. The second-order valence-corrected chi connectivity index (χ2v) is 6.66. The van der Waals surface area contributed by atoms with Crippen molar-refractivity contribution in [2.24, 2.45) is 5.73 Å². The number of piperidine rings is 1. The van der Waals surface area contributed by atoms with Gasteiger partial charge in [-0.25, -0.2) is 0 Å². The quantitative estimate of drug-likeness (QED) is 0.733. The molecule has 2 heterocycles. The first kappa shape index (κ1) is 21.5. The van der Waals surface area contributed by atoms with Crippen molar-refractivity contribution in [3.05, 3.63) is 35.5 Å². The SMILES string of the molecule is COc1ccc(CCC2CCCCN2Cc2noc(CN)n2)cc1OC.Cl. The van der Waals surface area contributed by atoms with Crippen molar-refractivity contribution in [3.8, 4) is 11.5 Å². The van der Waals surface area contributed by atoms with Crippen LogP contribution < -0.4 is 15.2 Å². The minimum absolute atomic E-state index is 0. The van der Waals surface area contributed by atoms with Gasteiger partial charge in [0.15, 0.2) is 17.3 Å². The number of halogens is 1.